The molecule has 0 aliphatic carbocycles. The largest absolute Gasteiger partial charge is 0.399 e. The average molecular weight is 317 g/mol. The second-order valence-corrected chi connectivity index (χ2v) is 6.63. The minimum absolute atomic E-state index is 0.148. The molecule has 0 bridgehead atoms. The van der Waals surface area contributed by atoms with Crippen LogP contribution in [-0.4, -0.2) is 9.91 Å². The highest BCUT2D eigenvalue weighted by atomic mass is 32.2. The zero-order valence-electron chi connectivity index (χ0n) is 10.9. The number of anilines is 1. The third-order valence-corrected chi connectivity index (χ3v) is 5.14. The van der Waals surface area contributed by atoms with Crippen LogP contribution in [0.25, 0.3) is 10.2 Å². The number of nitrogens with zero attached hydrogens (tertiary/aromatic N) is 2. The SMILES string of the molecule is Nc1ccc2nc(SCc3ccccc3[N+](=O)[O-])sc2c1. The number of hydrogen-bond donors (Lipinski definition) is 1. The van der Waals surface area contributed by atoms with Crippen molar-refractivity contribution in [2.24, 2.45) is 0 Å². The predicted octanol–water partition coefficient (Wildman–Crippen LogP) is 4.08. The molecule has 0 fully saturated rings. The minimum atomic E-state index is -0.352. The molecule has 1 aromatic heterocycles. The van der Waals surface area contributed by atoms with Crippen molar-refractivity contribution in [1.29, 1.82) is 0 Å². The number of benzene rings is 2. The van der Waals surface area contributed by atoms with Gasteiger partial charge in [0.25, 0.3) is 5.69 Å². The Bertz CT molecular complexity index is 817. The van der Waals surface area contributed by atoms with Gasteiger partial charge in [-0.05, 0) is 18.2 Å². The molecule has 2 aromatic carbocycles. The van der Waals surface area contributed by atoms with E-state index < -0.39 is 0 Å². The summed E-state index contributed by atoms with van der Waals surface area (Å²) in [6.07, 6.45) is 0. The van der Waals surface area contributed by atoms with E-state index in [2.05, 4.69) is 4.98 Å². The van der Waals surface area contributed by atoms with Crippen LogP contribution in [0, 0.1) is 10.1 Å². The number of hydrogen-bond acceptors (Lipinski definition) is 6. The van der Waals surface area contributed by atoms with E-state index in [-0.39, 0.29) is 10.6 Å². The van der Waals surface area contributed by atoms with Gasteiger partial charge in [0.15, 0.2) is 4.34 Å². The number of rotatable bonds is 4. The van der Waals surface area contributed by atoms with Gasteiger partial charge in [0.2, 0.25) is 0 Å². The Balaban J connectivity index is 1.82. The number of thiazole rings is 1. The van der Waals surface area contributed by atoms with Crippen LogP contribution in [0.1, 0.15) is 5.56 Å². The van der Waals surface area contributed by atoms with Crippen molar-refractivity contribution in [3.05, 3.63) is 58.1 Å². The molecule has 7 heteroatoms. The van der Waals surface area contributed by atoms with E-state index in [0.29, 0.717) is 17.0 Å². The van der Waals surface area contributed by atoms with Crippen molar-refractivity contribution in [3.63, 3.8) is 0 Å². The van der Waals surface area contributed by atoms with Crippen molar-refractivity contribution in [1.82, 2.24) is 4.98 Å². The fourth-order valence-corrected chi connectivity index (χ4v) is 4.05. The Morgan fingerprint density at radius 2 is 2.10 bits per heavy atom. The highest BCUT2D eigenvalue weighted by Gasteiger charge is 2.13. The molecule has 3 aromatic rings. The number of nitrogens with two attached hydrogens (primary N) is 1. The Labute approximate surface area is 129 Å². The third-order valence-electron chi connectivity index (χ3n) is 2.93. The molecule has 5 nitrogen and oxygen atoms in total. The molecule has 21 heavy (non-hydrogen) atoms. The lowest BCUT2D eigenvalue weighted by Gasteiger charge is -2.00. The molecule has 0 radical (unpaired) electrons. The highest BCUT2D eigenvalue weighted by Crippen LogP contribution is 2.34. The van der Waals surface area contributed by atoms with E-state index in [1.807, 2.05) is 24.3 Å². The smallest absolute Gasteiger partial charge is 0.273 e. The van der Waals surface area contributed by atoms with Gasteiger partial charge in [0.05, 0.1) is 15.1 Å². The van der Waals surface area contributed by atoms with Gasteiger partial charge in [-0.1, -0.05) is 30.0 Å². The highest BCUT2D eigenvalue weighted by molar-refractivity contribution is 8.00. The molecule has 0 spiro atoms. The third kappa shape index (κ3) is 2.98. The lowest BCUT2D eigenvalue weighted by molar-refractivity contribution is -0.385. The number of thioether (sulfide) groups is 1. The average Bonchev–Trinajstić information content (AvgIpc) is 2.87. The molecule has 0 amide bonds. The molecule has 106 valence electrons. The molecule has 0 aliphatic rings. The van der Waals surface area contributed by atoms with E-state index in [9.17, 15) is 10.1 Å². The first-order chi connectivity index (χ1) is 10.1. The summed E-state index contributed by atoms with van der Waals surface area (Å²) in [4.78, 5) is 15.1. The van der Waals surface area contributed by atoms with Gasteiger partial charge in [-0.3, -0.25) is 10.1 Å². The van der Waals surface area contributed by atoms with Crippen molar-refractivity contribution in [3.8, 4) is 0 Å². The lowest BCUT2D eigenvalue weighted by atomic mass is 10.2. The Morgan fingerprint density at radius 3 is 2.90 bits per heavy atom. The molecule has 0 atom stereocenters. The molecule has 0 aliphatic heterocycles. The topological polar surface area (TPSA) is 82.0 Å². The fourth-order valence-electron chi connectivity index (χ4n) is 1.93. The number of nitro groups is 1. The second-order valence-electron chi connectivity index (χ2n) is 4.38. The molecular weight excluding hydrogens is 306 g/mol. The zero-order valence-corrected chi connectivity index (χ0v) is 12.5. The summed E-state index contributed by atoms with van der Waals surface area (Å²) in [7, 11) is 0. The number of fused-ring (bicyclic) bond motifs is 1. The van der Waals surface area contributed by atoms with E-state index in [0.717, 1.165) is 14.6 Å². The molecule has 0 saturated carbocycles. The van der Waals surface area contributed by atoms with Crippen LogP contribution >= 0.6 is 23.1 Å². The van der Waals surface area contributed by atoms with Gasteiger partial charge in [-0.25, -0.2) is 4.98 Å². The van der Waals surface area contributed by atoms with Crippen LogP contribution < -0.4 is 5.73 Å². The van der Waals surface area contributed by atoms with Crippen LogP contribution in [-0.2, 0) is 5.75 Å². The first-order valence-corrected chi connectivity index (χ1v) is 7.95. The van der Waals surface area contributed by atoms with Crippen LogP contribution in [0.2, 0.25) is 0 Å². The number of para-hydroxylation sites is 1. The minimum Gasteiger partial charge on any atom is -0.399 e. The van der Waals surface area contributed by atoms with Crippen molar-refractivity contribution >= 4 is 44.7 Å². The van der Waals surface area contributed by atoms with Gasteiger partial charge in [0.1, 0.15) is 0 Å². The van der Waals surface area contributed by atoms with Crippen molar-refractivity contribution in [2.45, 2.75) is 10.1 Å². The van der Waals surface area contributed by atoms with Crippen LogP contribution in [0.15, 0.2) is 46.8 Å². The van der Waals surface area contributed by atoms with E-state index in [1.165, 1.54) is 17.8 Å². The lowest BCUT2D eigenvalue weighted by Crippen LogP contribution is -1.93. The monoisotopic (exact) mass is 317 g/mol. The maximum atomic E-state index is 11.0. The molecule has 3 rings (SSSR count). The molecule has 2 N–H and O–H groups in total. The molecule has 0 unspecified atom stereocenters. The van der Waals surface area contributed by atoms with E-state index in [1.54, 1.807) is 23.5 Å². The van der Waals surface area contributed by atoms with E-state index >= 15 is 0 Å². The maximum Gasteiger partial charge on any atom is 0.273 e. The molecular formula is C14H11N3O2S2. The summed E-state index contributed by atoms with van der Waals surface area (Å²) in [6, 6.07) is 12.4. The Hall–Kier alpha value is -2.12. The van der Waals surface area contributed by atoms with Gasteiger partial charge in [-0.15, -0.1) is 11.3 Å². The molecule has 0 saturated heterocycles. The Kier molecular flexibility index (Phi) is 3.76. The standard InChI is InChI=1S/C14H11N3O2S2/c15-10-5-6-11-13(7-10)21-14(16-11)20-8-9-3-1-2-4-12(9)17(18)19/h1-7H,8,15H2. The summed E-state index contributed by atoms with van der Waals surface area (Å²) in [5, 5.41) is 11.0. The van der Waals surface area contributed by atoms with Crippen molar-refractivity contribution < 1.29 is 4.92 Å². The van der Waals surface area contributed by atoms with Gasteiger partial charge in [-0.2, -0.15) is 0 Å². The number of nitro benzene ring substituents is 1. The maximum absolute atomic E-state index is 11.0. The number of nitrogen functional groups attached to an aromatic ring is 1. The molecule has 1 heterocycles. The Morgan fingerprint density at radius 1 is 1.29 bits per heavy atom. The van der Waals surface area contributed by atoms with Gasteiger partial charge < -0.3 is 5.73 Å². The van der Waals surface area contributed by atoms with Crippen LogP contribution in [0.4, 0.5) is 11.4 Å². The normalized spacial score (nSPS) is 10.9. The van der Waals surface area contributed by atoms with Crippen molar-refractivity contribution in [2.75, 3.05) is 5.73 Å². The fraction of sp³-hybridized carbons (Fsp3) is 0.0714. The van der Waals surface area contributed by atoms with Crippen LogP contribution in [0.3, 0.4) is 0 Å². The summed E-state index contributed by atoms with van der Waals surface area (Å²) < 4.78 is 1.91. The summed E-state index contributed by atoms with van der Waals surface area (Å²) in [5.41, 5.74) is 8.21. The van der Waals surface area contributed by atoms with E-state index in [4.69, 9.17) is 5.73 Å². The number of aromatic nitrogens is 1. The van der Waals surface area contributed by atoms with Crippen LogP contribution in [0.5, 0.6) is 0 Å². The summed E-state index contributed by atoms with van der Waals surface area (Å²) in [5.74, 6) is 0.520. The van der Waals surface area contributed by atoms with Gasteiger partial charge in [0, 0.05) is 23.1 Å². The quantitative estimate of drug-likeness (QED) is 0.339. The van der Waals surface area contributed by atoms with Gasteiger partial charge >= 0.3 is 0 Å². The second kappa shape index (κ2) is 5.71. The zero-order chi connectivity index (χ0) is 14.8. The first kappa shape index (κ1) is 13.8. The predicted molar refractivity (Wildman–Crippen MR) is 86.7 cm³/mol. The first-order valence-electron chi connectivity index (χ1n) is 6.14. The summed E-state index contributed by atoms with van der Waals surface area (Å²) in [6.45, 7) is 0. The summed E-state index contributed by atoms with van der Waals surface area (Å²) >= 11 is 3.05.